The monoisotopic (exact) mass is 376 g/mol. The van der Waals surface area contributed by atoms with Gasteiger partial charge in [-0.2, -0.15) is 10.2 Å². The molecule has 2 rings (SSSR count). The second-order valence-electron chi connectivity index (χ2n) is 6.72. The van der Waals surface area contributed by atoms with Gasteiger partial charge in [-0.1, -0.05) is 19.9 Å². The Bertz CT molecular complexity index is 760. The molecule has 1 atom stereocenters. The van der Waals surface area contributed by atoms with Crippen molar-refractivity contribution in [1.82, 2.24) is 10.6 Å². The summed E-state index contributed by atoms with van der Waals surface area (Å²) in [7, 11) is 0. The van der Waals surface area contributed by atoms with Crippen LogP contribution in [0, 0.1) is 29.9 Å². The Balaban J connectivity index is 1.93. The van der Waals surface area contributed by atoms with Gasteiger partial charge in [0.2, 0.25) is 5.91 Å². The Morgan fingerprint density at radius 2 is 1.85 bits per heavy atom. The van der Waals surface area contributed by atoms with Gasteiger partial charge in [-0.3, -0.25) is 9.59 Å². The molecule has 0 bridgehead atoms. The van der Waals surface area contributed by atoms with Crippen LogP contribution in [0.5, 0.6) is 0 Å². The predicted molar refractivity (Wildman–Crippen MR) is 95.7 cm³/mol. The lowest BCUT2D eigenvalue weighted by molar-refractivity contribution is -0.123. The lowest BCUT2D eigenvalue weighted by atomic mass is 10.0. The Labute approximate surface area is 156 Å². The molecule has 6 nitrogen and oxygen atoms in total. The van der Waals surface area contributed by atoms with E-state index in [1.54, 1.807) is 13.8 Å². The normalized spacial score (nSPS) is 15.1. The molecule has 144 valence electrons. The summed E-state index contributed by atoms with van der Waals surface area (Å²) < 4.78 is 27.5. The van der Waals surface area contributed by atoms with Crippen molar-refractivity contribution in [3.8, 4) is 12.3 Å². The quantitative estimate of drug-likeness (QED) is 0.650. The molecule has 0 radical (unpaired) electrons. The predicted octanol–water partition coefficient (Wildman–Crippen LogP) is 2.80. The molecule has 0 saturated carbocycles. The van der Waals surface area contributed by atoms with Crippen molar-refractivity contribution >= 4 is 11.8 Å². The fourth-order valence-electron chi connectivity index (χ4n) is 2.63. The van der Waals surface area contributed by atoms with E-state index in [1.807, 2.05) is 0 Å². The number of carbonyl (C=O) groups is 2. The van der Waals surface area contributed by atoms with E-state index in [2.05, 4.69) is 26.8 Å². The number of benzene rings is 1. The van der Waals surface area contributed by atoms with Gasteiger partial charge in [-0.05, 0) is 18.1 Å². The first-order valence-electron chi connectivity index (χ1n) is 8.70. The number of halogens is 2. The number of terminal acetylenes is 1. The molecule has 2 amide bonds. The second-order valence-corrected chi connectivity index (χ2v) is 6.72. The topological polar surface area (TPSA) is 82.9 Å². The fraction of sp³-hybridized carbons (Fsp3) is 0.474. The van der Waals surface area contributed by atoms with E-state index < -0.39 is 40.7 Å². The molecule has 1 heterocycles. The van der Waals surface area contributed by atoms with E-state index in [0.717, 1.165) is 18.2 Å². The second kappa shape index (κ2) is 8.71. The number of carbonyl (C=O) groups excluding carboxylic acids is 2. The number of hydrogen-bond acceptors (Lipinski definition) is 4. The van der Waals surface area contributed by atoms with Crippen LogP contribution in [0.3, 0.4) is 0 Å². The van der Waals surface area contributed by atoms with Crippen molar-refractivity contribution in [3.63, 3.8) is 0 Å². The highest BCUT2D eigenvalue weighted by atomic mass is 19.1. The number of nitrogens with one attached hydrogen (secondary N) is 2. The summed E-state index contributed by atoms with van der Waals surface area (Å²) in [6.45, 7) is 3.74. The first-order valence-corrected chi connectivity index (χ1v) is 8.70. The van der Waals surface area contributed by atoms with Crippen LogP contribution >= 0.6 is 0 Å². The van der Waals surface area contributed by atoms with Crippen molar-refractivity contribution in [1.29, 1.82) is 0 Å². The van der Waals surface area contributed by atoms with Crippen LogP contribution in [-0.2, 0) is 4.79 Å². The van der Waals surface area contributed by atoms with Crippen LogP contribution in [-0.4, -0.2) is 30.1 Å². The van der Waals surface area contributed by atoms with Crippen molar-refractivity contribution in [2.45, 2.75) is 44.8 Å². The Hall–Kier alpha value is -2.82. The number of nitrogens with zero attached hydrogens (tertiary/aromatic N) is 2. The van der Waals surface area contributed by atoms with Gasteiger partial charge in [0, 0.05) is 25.8 Å². The highest BCUT2D eigenvalue weighted by Crippen LogP contribution is 2.36. The third-order valence-electron chi connectivity index (χ3n) is 4.30. The van der Waals surface area contributed by atoms with Crippen LogP contribution in [0.4, 0.5) is 8.78 Å². The summed E-state index contributed by atoms with van der Waals surface area (Å²) >= 11 is 0. The van der Waals surface area contributed by atoms with Crippen molar-refractivity contribution < 1.29 is 18.4 Å². The van der Waals surface area contributed by atoms with Crippen molar-refractivity contribution in [2.75, 3.05) is 6.54 Å². The fourth-order valence-corrected chi connectivity index (χ4v) is 2.63. The highest BCUT2D eigenvalue weighted by molar-refractivity contribution is 5.98. The third-order valence-corrected chi connectivity index (χ3v) is 4.30. The molecule has 0 aliphatic carbocycles. The Kier molecular flexibility index (Phi) is 6.61. The smallest absolute Gasteiger partial charge is 0.257 e. The van der Waals surface area contributed by atoms with E-state index in [9.17, 15) is 18.4 Å². The molecule has 2 N–H and O–H groups in total. The standard InChI is InChI=1S/C19H22F2N4O2/c1-4-5-9-19(24-25-19)10-11-22-18(27)16(12(2)3)23-17(26)15-13(20)7-6-8-14(15)21/h1,6-8,12,16H,5,9-11H2,2-3H3,(H,22,27)(H,23,26). The summed E-state index contributed by atoms with van der Waals surface area (Å²) in [4.78, 5) is 24.7. The molecule has 1 aromatic rings. The maximum Gasteiger partial charge on any atom is 0.257 e. The Morgan fingerprint density at radius 1 is 1.22 bits per heavy atom. The summed E-state index contributed by atoms with van der Waals surface area (Å²) in [5.41, 5.74) is -1.23. The molecule has 1 aliphatic heterocycles. The van der Waals surface area contributed by atoms with Gasteiger partial charge in [-0.25, -0.2) is 8.78 Å². The summed E-state index contributed by atoms with van der Waals surface area (Å²) in [6, 6.07) is 2.20. The molecular formula is C19H22F2N4O2. The lowest BCUT2D eigenvalue weighted by Gasteiger charge is -2.22. The zero-order chi connectivity index (χ0) is 20.0. The van der Waals surface area contributed by atoms with E-state index in [-0.39, 0.29) is 5.92 Å². The van der Waals surface area contributed by atoms with Gasteiger partial charge < -0.3 is 10.6 Å². The molecule has 0 aromatic heterocycles. The molecule has 8 heteroatoms. The summed E-state index contributed by atoms with van der Waals surface area (Å²) in [6.07, 6.45) is 6.90. The van der Waals surface area contributed by atoms with E-state index in [0.29, 0.717) is 25.8 Å². The molecule has 0 fully saturated rings. The van der Waals surface area contributed by atoms with Crippen molar-refractivity contribution in [2.24, 2.45) is 16.1 Å². The molecule has 1 unspecified atom stereocenters. The first-order chi connectivity index (χ1) is 12.8. The van der Waals surface area contributed by atoms with Gasteiger partial charge in [-0.15, -0.1) is 12.3 Å². The van der Waals surface area contributed by atoms with Crippen LogP contribution < -0.4 is 10.6 Å². The maximum atomic E-state index is 13.8. The molecule has 27 heavy (non-hydrogen) atoms. The molecule has 0 saturated heterocycles. The van der Waals surface area contributed by atoms with E-state index >= 15 is 0 Å². The zero-order valence-electron chi connectivity index (χ0n) is 15.3. The molecular weight excluding hydrogens is 354 g/mol. The van der Waals surface area contributed by atoms with Gasteiger partial charge >= 0.3 is 0 Å². The number of amides is 2. The number of rotatable bonds is 9. The summed E-state index contributed by atoms with van der Waals surface area (Å²) in [5.74, 6) is -1.14. The molecule has 1 aliphatic rings. The van der Waals surface area contributed by atoms with Crippen LogP contribution in [0.25, 0.3) is 0 Å². The van der Waals surface area contributed by atoms with Gasteiger partial charge in [0.15, 0.2) is 5.66 Å². The first kappa shape index (κ1) is 20.5. The minimum absolute atomic E-state index is 0.283. The largest absolute Gasteiger partial charge is 0.354 e. The average molecular weight is 376 g/mol. The van der Waals surface area contributed by atoms with E-state index in [4.69, 9.17) is 6.42 Å². The third kappa shape index (κ3) is 5.33. The minimum atomic E-state index is -0.983. The SMILES string of the molecule is C#CCCC1(CCNC(=O)C(NC(=O)c2c(F)cccc2F)C(C)C)N=N1. The average Bonchev–Trinajstić information content (AvgIpc) is 3.37. The Morgan fingerprint density at radius 3 is 2.37 bits per heavy atom. The van der Waals surface area contributed by atoms with Gasteiger partial charge in [0.1, 0.15) is 23.2 Å². The highest BCUT2D eigenvalue weighted by Gasteiger charge is 2.39. The molecule has 1 aromatic carbocycles. The summed E-state index contributed by atoms with van der Waals surface area (Å²) in [5, 5.41) is 13.1. The maximum absolute atomic E-state index is 13.8. The minimum Gasteiger partial charge on any atom is -0.354 e. The number of hydrogen-bond donors (Lipinski definition) is 2. The van der Waals surface area contributed by atoms with Crippen LogP contribution in [0.1, 0.15) is 43.5 Å². The van der Waals surface area contributed by atoms with Crippen LogP contribution in [0.2, 0.25) is 0 Å². The van der Waals surface area contributed by atoms with Crippen LogP contribution in [0.15, 0.2) is 28.4 Å². The van der Waals surface area contributed by atoms with E-state index in [1.165, 1.54) is 0 Å². The molecule has 0 spiro atoms. The lowest BCUT2D eigenvalue weighted by Crippen LogP contribution is -2.50. The zero-order valence-corrected chi connectivity index (χ0v) is 15.3. The van der Waals surface area contributed by atoms with Crippen molar-refractivity contribution in [3.05, 3.63) is 35.4 Å². The van der Waals surface area contributed by atoms with Gasteiger partial charge in [0.05, 0.1) is 0 Å². The van der Waals surface area contributed by atoms with Gasteiger partial charge in [0.25, 0.3) is 5.91 Å².